The quantitative estimate of drug-likeness (QED) is 0.481. The highest BCUT2D eigenvalue weighted by molar-refractivity contribution is 7.89. The van der Waals surface area contributed by atoms with Crippen LogP contribution in [-0.2, 0) is 21.2 Å². The van der Waals surface area contributed by atoms with Gasteiger partial charge in [-0.25, -0.2) is 8.42 Å². The summed E-state index contributed by atoms with van der Waals surface area (Å²) in [5.41, 5.74) is 1.57. The monoisotopic (exact) mass is 517 g/mol. The molecule has 0 spiro atoms. The Kier molecular flexibility index (Phi) is 6.90. The van der Waals surface area contributed by atoms with E-state index in [0.29, 0.717) is 13.1 Å². The van der Waals surface area contributed by atoms with E-state index in [0.717, 1.165) is 29.7 Å². The molecule has 1 saturated heterocycles. The highest BCUT2D eigenvalue weighted by atomic mass is 32.2. The Labute approximate surface area is 215 Å². The minimum absolute atomic E-state index is 0.0903. The summed E-state index contributed by atoms with van der Waals surface area (Å²) in [6, 6.07) is 20.6. The van der Waals surface area contributed by atoms with Gasteiger partial charge in [0, 0.05) is 25.2 Å². The first-order valence-corrected chi connectivity index (χ1v) is 13.7. The Morgan fingerprint density at radius 3 is 2.08 bits per heavy atom. The summed E-state index contributed by atoms with van der Waals surface area (Å²) >= 11 is 0. The zero-order valence-corrected chi connectivity index (χ0v) is 21.0. The van der Waals surface area contributed by atoms with Crippen molar-refractivity contribution >= 4 is 33.4 Å². The summed E-state index contributed by atoms with van der Waals surface area (Å²) in [6.45, 7) is 0.940. The Balaban J connectivity index is 1.43. The number of imide groups is 1. The van der Waals surface area contributed by atoms with Crippen LogP contribution in [-0.4, -0.2) is 54.5 Å². The molecule has 1 atom stereocenters. The smallest absolute Gasteiger partial charge is 0.262 e. The number of amides is 3. The van der Waals surface area contributed by atoms with E-state index >= 15 is 0 Å². The van der Waals surface area contributed by atoms with Crippen LogP contribution >= 0.6 is 0 Å². The number of fused-ring (bicyclic) bond motifs is 1. The minimum Gasteiger partial charge on any atom is -0.324 e. The van der Waals surface area contributed by atoms with Crippen LogP contribution in [0.2, 0.25) is 0 Å². The van der Waals surface area contributed by atoms with E-state index in [1.807, 2.05) is 30.3 Å². The van der Waals surface area contributed by atoms with Gasteiger partial charge < -0.3 is 5.32 Å². The van der Waals surface area contributed by atoms with Crippen molar-refractivity contribution in [1.82, 2.24) is 9.21 Å². The number of sulfonamides is 1. The number of carbonyl (C=O) groups is 3. The Hall–Kier alpha value is -3.82. The van der Waals surface area contributed by atoms with Crippen LogP contribution in [0.1, 0.15) is 45.5 Å². The maximum atomic E-state index is 13.6. The maximum absolute atomic E-state index is 13.6. The van der Waals surface area contributed by atoms with E-state index in [1.54, 1.807) is 36.4 Å². The third kappa shape index (κ3) is 4.92. The first kappa shape index (κ1) is 24.9. The zero-order valence-electron chi connectivity index (χ0n) is 20.2. The number of nitrogens with one attached hydrogen (secondary N) is 1. The lowest BCUT2D eigenvalue weighted by atomic mass is 10.0. The molecule has 0 unspecified atom stereocenters. The van der Waals surface area contributed by atoms with Gasteiger partial charge in [0.2, 0.25) is 15.9 Å². The molecule has 2 aliphatic heterocycles. The average molecular weight is 518 g/mol. The molecule has 1 N–H and O–H groups in total. The fourth-order valence-electron chi connectivity index (χ4n) is 4.84. The van der Waals surface area contributed by atoms with Crippen molar-refractivity contribution in [3.8, 4) is 0 Å². The highest BCUT2D eigenvalue weighted by Gasteiger charge is 2.42. The molecule has 0 radical (unpaired) electrons. The normalized spacial score (nSPS) is 16.9. The van der Waals surface area contributed by atoms with Gasteiger partial charge in [-0.3, -0.25) is 19.3 Å². The zero-order chi connectivity index (χ0) is 26.0. The largest absolute Gasteiger partial charge is 0.324 e. The second-order valence-electron chi connectivity index (χ2n) is 9.21. The lowest BCUT2D eigenvalue weighted by molar-refractivity contribution is -0.119. The van der Waals surface area contributed by atoms with Gasteiger partial charge in [-0.1, -0.05) is 55.0 Å². The summed E-state index contributed by atoms with van der Waals surface area (Å²) in [7, 11) is -3.70. The summed E-state index contributed by atoms with van der Waals surface area (Å²) in [6.07, 6.45) is 2.75. The first-order chi connectivity index (χ1) is 17.9. The van der Waals surface area contributed by atoms with Gasteiger partial charge in [0.1, 0.15) is 6.04 Å². The van der Waals surface area contributed by atoms with E-state index in [4.69, 9.17) is 0 Å². The van der Waals surface area contributed by atoms with E-state index < -0.39 is 33.8 Å². The van der Waals surface area contributed by atoms with Crippen molar-refractivity contribution < 1.29 is 22.8 Å². The molecule has 2 aliphatic rings. The molecule has 1 fully saturated rings. The number of hydrogen-bond donors (Lipinski definition) is 1. The number of rotatable bonds is 7. The van der Waals surface area contributed by atoms with Crippen molar-refractivity contribution in [2.24, 2.45) is 0 Å². The summed E-state index contributed by atoms with van der Waals surface area (Å²) in [5.74, 6) is -1.64. The van der Waals surface area contributed by atoms with Crippen LogP contribution in [0.25, 0.3) is 0 Å². The molecular formula is C28H27N3O5S. The molecule has 8 nitrogen and oxygen atoms in total. The molecular weight excluding hydrogens is 490 g/mol. The van der Waals surface area contributed by atoms with Crippen LogP contribution in [0.5, 0.6) is 0 Å². The third-order valence-corrected chi connectivity index (χ3v) is 8.66. The fourth-order valence-corrected chi connectivity index (χ4v) is 6.41. The van der Waals surface area contributed by atoms with Gasteiger partial charge in [0.25, 0.3) is 11.8 Å². The van der Waals surface area contributed by atoms with Crippen molar-refractivity contribution in [3.05, 3.63) is 95.6 Å². The molecule has 9 heteroatoms. The second-order valence-corrected chi connectivity index (χ2v) is 11.2. The van der Waals surface area contributed by atoms with E-state index in [1.165, 1.54) is 16.4 Å². The van der Waals surface area contributed by atoms with Crippen molar-refractivity contribution in [3.63, 3.8) is 0 Å². The van der Waals surface area contributed by atoms with Gasteiger partial charge in [0.15, 0.2) is 0 Å². The predicted molar refractivity (Wildman–Crippen MR) is 139 cm³/mol. The van der Waals surface area contributed by atoms with Crippen molar-refractivity contribution in [2.75, 3.05) is 18.4 Å². The van der Waals surface area contributed by atoms with Crippen LogP contribution in [0.4, 0.5) is 5.69 Å². The van der Waals surface area contributed by atoms with Crippen molar-refractivity contribution in [1.29, 1.82) is 0 Å². The van der Waals surface area contributed by atoms with E-state index in [9.17, 15) is 22.8 Å². The van der Waals surface area contributed by atoms with E-state index in [2.05, 4.69) is 5.32 Å². The first-order valence-electron chi connectivity index (χ1n) is 12.3. The molecule has 0 aromatic heterocycles. The molecule has 3 aromatic carbocycles. The number of benzene rings is 3. The average Bonchev–Trinajstić information content (AvgIpc) is 3.18. The fraction of sp³-hybridized carbons (Fsp3) is 0.250. The second kappa shape index (κ2) is 10.3. The number of carbonyl (C=O) groups excluding carboxylic acids is 3. The number of piperidine rings is 1. The highest BCUT2D eigenvalue weighted by Crippen LogP contribution is 2.28. The topological polar surface area (TPSA) is 104 Å². The molecule has 190 valence electrons. The third-order valence-electron chi connectivity index (χ3n) is 6.77. The summed E-state index contributed by atoms with van der Waals surface area (Å²) in [4.78, 5) is 41.1. The SMILES string of the molecule is O=C(Nc1cccc(S(=O)(=O)N2CCCCC2)c1)[C@H](Cc1ccccc1)N1C(=O)c2ccccc2C1=O. The molecule has 0 saturated carbocycles. The molecule has 0 bridgehead atoms. The van der Waals surface area contributed by atoms with Crippen molar-refractivity contribution in [2.45, 2.75) is 36.6 Å². The van der Waals surface area contributed by atoms with Gasteiger partial charge in [-0.05, 0) is 48.7 Å². The summed E-state index contributed by atoms with van der Waals surface area (Å²) in [5, 5.41) is 2.75. The van der Waals surface area contributed by atoms with Gasteiger partial charge in [-0.15, -0.1) is 0 Å². The number of hydrogen-bond acceptors (Lipinski definition) is 5. The number of nitrogens with zero attached hydrogens (tertiary/aromatic N) is 2. The Morgan fingerprint density at radius 2 is 1.43 bits per heavy atom. The predicted octanol–water partition coefficient (Wildman–Crippen LogP) is 3.71. The maximum Gasteiger partial charge on any atom is 0.262 e. The van der Waals surface area contributed by atoms with Gasteiger partial charge in [-0.2, -0.15) is 4.31 Å². The molecule has 37 heavy (non-hydrogen) atoms. The van der Waals surface area contributed by atoms with Crippen LogP contribution < -0.4 is 5.32 Å². The van der Waals surface area contributed by atoms with Crippen LogP contribution in [0, 0.1) is 0 Å². The Bertz CT molecular complexity index is 1410. The molecule has 0 aliphatic carbocycles. The standard InChI is InChI=1S/C28H27N3O5S/c32-26(29-21-12-9-13-22(19-21)37(35,36)30-16-7-2-8-17-30)25(18-20-10-3-1-4-11-20)31-27(33)23-14-5-6-15-24(23)28(31)34/h1,3-6,9-15,19,25H,2,7-8,16-18H2,(H,29,32)/t25-/m0/s1. The van der Waals surface area contributed by atoms with Gasteiger partial charge in [0.05, 0.1) is 16.0 Å². The lowest BCUT2D eigenvalue weighted by Crippen LogP contribution is -2.48. The van der Waals surface area contributed by atoms with Crippen LogP contribution in [0.15, 0.2) is 83.8 Å². The van der Waals surface area contributed by atoms with E-state index in [-0.39, 0.29) is 28.1 Å². The molecule has 3 amide bonds. The lowest BCUT2D eigenvalue weighted by Gasteiger charge is -2.27. The molecule has 3 aromatic rings. The van der Waals surface area contributed by atoms with Gasteiger partial charge >= 0.3 is 0 Å². The minimum atomic E-state index is -3.70. The number of anilines is 1. The Morgan fingerprint density at radius 1 is 0.811 bits per heavy atom. The molecule has 2 heterocycles. The summed E-state index contributed by atoms with van der Waals surface area (Å²) < 4.78 is 27.7. The molecule has 5 rings (SSSR count). The van der Waals surface area contributed by atoms with Crippen LogP contribution in [0.3, 0.4) is 0 Å².